The molecule has 0 aromatic heterocycles. The molecule has 2 heteroatoms. The molecule has 0 heterocycles. The van der Waals surface area contributed by atoms with E-state index in [0.29, 0.717) is 12.0 Å². The molecule has 0 aliphatic carbocycles. The highest BCUT2D eigenvalue weighted by atomic mass is 16.5. The van der Waals surface area contributed by atoms with Gasteiger partial charge in [0.1, 0.15) is 5.75 Å². The molecule has 0 spiro atoms. The minimum Gasteiger partial charge on any atom is -0.493 e. The highest BCUT2D eigenvalue weighted by Gasteiger charge is 2.08. The monoisotopic (exact) mass is 297 g/mol. The molecular formula is C20H27NO. The quantitative estimate of drug-likeness (QED) is 0.743. The third-order valence-corrected chi connectivity index (χ3v) is 3.64. The zero-order chi connectivity index (χ0) is 15.8. The molecule has 2 aromatic carbocycles. The molecule has 1 atom stereocenters. The van der Waals surface area contributed by atoms with Gasteiger partial charge in [0.25, 0.3) is 0 Å². The summed E-state index contributed by atoms with van der Waals surface area (Å²) in [7, 11) is 0. The molecule has 2 aromatic rings. The number of ether oxygens (including phenoxy) is 1. The minimum atomic E-state index is 0.390. The first-order valence-corrected chi connectivity index (χ1v) is 8.19. The van der Waals surface area contributed by atoms with Crippen LogP contribution in [0.2, 0.25) is 0 Å². The Morgan fingerprint density at radius 1 is 1.00 bits per heavy atom. The third-order valence-electron chi connectivity index (χ3n) is 3.64. The number of hydrogen-bond donors (Lipinski definition) is 1. The normalized spacial score (nSPS) is 12.4. The minimum absolute atomic E-state index is 0.390. The van der Waals surface area contributed by atoms with E-state index in [0.717, 1.165) is 25.3 Å². The summed E-state index contributed by atoms with van der Waals surface area (Å²) in [5.74, 6) is 1.50. The van der Waals surface area contributed by atoms with Gasteiger partial charge >= 0.3 is 0 Å². The molecule has 0 amide bonds. The lowest BCUT2D eigenvalue weighted by Crippen LogP contribution is -2.20. The lowest BCUT2D eigenvalue weighted by atomic mass is 10.0. The lowest BCUT2D eigenvalue weighted by Gasteiger charge is -2.18. The van der Waals surface area contributed by atoms with Crippen molar-refractivity contribution in [3.05, 3.63) is 65.7 Å². The van der Waals surface area contributed by atoms with Crippen LogP contribution in [-0.2, 0) is 6.54 Å². The first-order chi connectivity index (χ1) is 10.7. The van der Waals surface area contributed by atoms with Crippen LogP contribution in [0.1, 0.15) is 44.4 Å². The number of nitrogens with one attached hydrogen (secondary N) is 1. The largest absolute Gasteiger partial charge is 0.493 e. The Kier molecular flexibility index (Phi) is 6.47. The molecular weight excluding hydrogens is 270 g/mol. The molecule has 1 unspecified atom stereocenters. The predicted molar refractivity (Wildman–Crippen MR) is 93.1 cm³/mol. The van der Waals surface area contributed by atoms with Crippen LogP contribution in [0.15, 0.2) is 54.6 Å². The maximum atomic E-state index is 5.80. The van der Waals surface area contributed by atoms with E-state index in [4.69, 9.17) is 4.74 Å². The lowest BCUT2D eigenvalue weighted by molar-refractivity contribution is 0.271. The summed E-state index contributed by atoms with van der Waals surface area (Å²) in [5.41, 5.74) is 2.60. The van der Waals surface area contributed by atoms with Gasteiger partial charge in [0, 0.05) is 12.6 Å². The van der Waals surface area contributed by atoms with Crippen LogP contribution in [0.25, 0.3) is 0 Å². The number of rotatable bonds is 8. The molecule has 2 rings (SSSR count). The number of hydrogen-bond acceptors (Lipinski definition) is 2. The molecule has 0 saturated heterocycles. The van der Waals surface area contributed by atoms with Crippen molar-refractivity contribution in [1.29, 1.82) is 0 Å². The fourth-order valence-electron chi connectivity index (χ4n) is 2.43. The smallest absolute Gasteiger partial charge is 0.119 e. The van der Waals surface area contributed by atoms with Crippen LogP contribution >= 0.6 is 0 Å². The van der Waals surface area contributed by atoms with Crippen molar-refractivity contribution in [2.45, 2.75) is 39.8 Å². The Morgan fingerprint density at radius 2 is 1.77 bits per heavy atom. The zero-order valence-electron chi connectivity index (χ0n) is 13.9. The van der Waals surface area contributed by atoms with Crippen LogP contribution in [0.5, 0.6) is 5.75 Å². The Morgan fingerprint density at radius 3 is 2.45 bits per heavy atom. The van der Waals surface area contributed by atoms with Gasteiger partial charge in [-0.2, -0.15) is 0 Å². The molecule has 0 fully saturated rings. The summed E-state index contributed by atoms with van der Waals surface area (Å²) in [4.78, 5) is 0. The molecule has 22 heavy (non-hydrogen) atoms. The van der Waals surface area contributed by atoms with Gasteiger partial charge < -0.3 is 10.1 Å². The molecule has 118 valence electrons. The van der Waals surface area contributed by atoms with E-state index < -0.39 is 0 Å². The third kappa shape index (κ3) is 5.19. The van der Waals surface area contributed by atoms with Gasteiger partial charge in [0.05, 0.1) is 6.61 Å². The van der Waals surface area contributed by atoms with Crippen molar-refractivity contribution in [3.8, 4) is 5.75 Å². The summed E-state index contributed by atoms with van der Waals surface area (Å²) < 4.78 is 5.80. The fourth-order valence-corrected chi connectivity index (χ4v) is 2.43. The fraction of sp³-hybridized carbons (Fsp3) is 0.400. The van der Waals surface area contributed by atoms with E-state index in [1.165, 1.54) is 11.1 Å². The van der Waals surface area contributed by atoms with Gasteiger partial charge in [-0.15, -0.1) is 0 Å². The van der Waals surface area contributed by atoms with Crippen molar-refractivity contribution in [1.82, 2.24) is 5.32 Å². The Hall–Kier alpha value is -1.80. The Bertz CT molecular complexity index is 551. The van der Waals surface area contributed by atoms with Crippen molar-refractivity contribution in [2.75, 3.05) is 6.61 Å². The van der Waals surface area contributed by atoms with Crippen LogP contribution in [0.4, 0.5) is 0 Å². The van der Waals surface area contributed by atoms with Crippen molar-refractivity contribution in [3.63, 3.8) is 0 Å². The second-order valence-electron chi connectivity index (χ2n) is 6.10. The van der Waals surface area contributed by atoms with E-state index in [-0.39, 0.29) is 0 Å². The first kappa shape index (κ1) is 16.6. The maximum Gasteiger partial charge on any atom is 0.119 e. The van der Waals surface area contributed by atoms with Crippen LogP contribution < -0.4 is 10.1 Å². The molecule has 0 aliphatic heterocycles. The van der Waals surface area contributed by atoms with Crippen LogP contribution in [0.3, 0.4) is 0 Å². The summed E-state index contributed by atoms with van der Waals surface area (Å²) in [6, 6.07) is 19.4. The second-order valence-corrected chi connectivity index (χ2v) is 6.10. The average Bonchev–Trinajstić information content (AvgIpc) is 2.55. The van der Waals surface area contributed by atoms with Crippen molar-refractivity contribution >= 4 is 0 Å². The molecule has 0 saturated carbocycles. The molecule has 0 aliphatic rings. The predicted octanol–water partition coefficient (Wildman–Crippen LogP) is 4.96. The maximum absolute atomic E-state index is 5.80. The van der Waals surface area contributed by atoms with Crippen molar-refractivity contribution < 1.29 is 4.74 Å². The van der Waals surface area contributed by atoms with E-state index in [1.807, 2.05) is 6.07 Å². The first-order valence-electron chi connectivity index (χ1n) is 8.19. The average molecular weight is 297 g/mol. The van der Waals surface area contributed by atoms with Crippen molar-refractivity contribution in [2.24, 2.45) is 5.92 Å². The van der Waals surface area contributed by atoms with Gasteiger partial charge in [-0.1, -0.05) is 63.2 Å². The van der Waals surface area contributed by atoms with Gasteiger partial charge in [-0.25, -0.2) is 0 Å². The zero-order valence-corrected chi connectivity index (χ0v) is 13.9. The van der Waals surface area contributed by atoms with E-state index >= 15 is 0 Å². The molecule has 0 bridgehead atoms. The van der Waals surface area contributed by atoms with Gasteiger partial charge in [-0.3, -0.25) is 0 Å². The van der Waals surface area contributed by atoms with Gasteiger partial charge in [0.2, 0.25) is 0 Å². The second kappa shape index (κ2) is 8.60. The van der Waals surface area contributed by atoms with Gasteiger partial charge in [0.15, 0.2) is 0 Å². The molecule has 0 radical (unpaired) electrons. The summed E-state index contributed by atoms with van der Waals surface area (Å²) in [6.45, 7) is 8.16. The summed E-state index contributed by atoms with van der Waals surface area (Å²) in [6.07, 6.45) is 1.08. The van der Waals surface area contributed by atoms with E-state index in [2.05, 4.69) is 74.6 Å². The van der Waals surface area contributed by atoms with E-state index in [1.54, 1.807) is 0 Å². The Labute approximate surface area is 134 Å². The van der Waals surface area contributed by atoms with Crippen LogP contribution in [-0.4, -0.2) is 6.61 Å². The SMILES string of the molecule is CCC(NCc1cccc(OCC(C)C)c1)c1ccccc1. The standard InChI is InChI=1S/C20H27NO/c1-4-20(18-10-6-5-7-11-18)21-14-17-9-8-12-19(13-17)22-15-16(2)3/h5-13,16,20-21H,4,14-15H2,1-3H3. The number of benzene rings is 2. The highest BCUT2D eigenvalue weighted by molar-refractivity contribution is 5.28. The summed E-state index contributed by atoms with van der Waals surface area (Å²) in [5, 5.41) is 3.64. The summed E-state index contributed by atoms with van der Waals surface area (Å²) >= 11 is 0. The topological polar surface area (TPSA) is 21.3 Å². The highest BCUT2D eigenvalue weighted by Crippen LogP contribution is 2.18. The van der Waals surface area contributed by atoms with E-state index in [9.17, 15) is 0 Å². The molecule has 1 N–H and O–H groups in total. The Balaban J connectivity index is 1.94. The van der Waals surface area contributed by atoms with Crippen LogP contribution in [0, 0.1) is 5.92 Å². The van der Waals surface area contributed by atoms with Gasteiger partial charge in [-0.05, 0) is 35.6 Å². The molecule has 2 nitrogen and oxygen atoms in total.